The fraction of sp³-hybridized carbons (Fsp3) is 0.462. The van der Waals surface area contributed by atoms with Gasteiger partial charge in [0.2, 0.25) is 0 Å². The predicted molar refractivity (Wildman–Crippen MR) is 80.1 cm³/mol. The van der Waals surface area contributed by atoms with E-state index in [1.54, 1.807) is 25.3 Å². The van der Waals surface area contributed by atoms with E-state index in [0.29, 0.717) is 24.4 Å². The lowest BCUT2D eigenvalue weighted by atomic mass is 10.1. The van der Waals surface area contributed by atoms with Crippen LogP contribution in [-0.4, -0.2) is 57.4 Å². The minimum Gasteiger partial charge on any atom is -0.496 e. The summed E-state index contributed by atoms with van der Waals surface area (Å²) in [4.78, 5) is 14.0. The SMILES string of the molecule is COc1ccc(C(=O)CN2CCS(=O)(=O)CC2)cc1Br. The fourth-order valence-corrected chi connectivity index (χ4v) is 3.86. The van der Waals surface area contributed by atoms with Gasteiger partial charge in [0.05, 0.1) is 29.6 Å². The molecule has 0 unspecified atom stereocenters. The van der Waals surface area contributed by atoms with Gasteiger partial charge in [-0.25, -0.2) is 8.42 Å². The fourth-order valence-electron chi connectivity index (χ4n) is 2.04. The number of methoxy groups -OCH3 is 1. The molecule has 1 heterocycles. The first-order chi connectivity index (χ1) is 9.41. The summed E-state index contributed by atoms with van der Waals surface area (Å²) in [5.41, 5.74) is 0.589. The van der Waals surface area contributed by atoms with E-state index in [9.17, 15) is 13.2 Å². The molecule has 1 aromatic carbocycles. The Morgan fingerprint density at radius 2 is 2.00 bits per heavy atom. The summed E-state index contributed by atoms with van der Waals surface area (Å²) < 4.78 is 28.5. The Kier molecular flexibility index (Phi) is 4.82. The summed E-state index contributed by atoms with van der Waals surface area (Å²) in [5.74, 6) is 0.914. The maximum atomic E-state index is 12.2. The van der Waals surface area contributed by atoms with Gasteiger partial charge in [0.1, 0.15) is 5.75 Å². The lowest BCUT2D eigenvalue weighted by Gasteiger charge is -2.25. The second-order valence-corrected chi connectivity index (χ2v) is 7.86. The highest BCUT2D eigenvalue weighted by Crippen LogP contribution is 2.25. The van der Waals surface area contributed by atoms with Crippen LogP contribution in [0.4, 0.5) is 0 Å². The van der Waals surface area contributed by atoms with Crippen LogP contribution in [0.2, 0.25) is 0 Å². The second-order valence-electron chi connectivity index (χ2n) is 4.70. The molecule has 1 aliphatic heterocycles. The van der Waals surface area contributed by atoms with Crippen LogP contribution in [0.5, 0.6) is 5.75 Å². The van der Waals surface area contributed by atoms with Crippen LogP contribution in [0.3, 0.4) is 0 Å². The highest BCUT2D eigenvalue weighted by molar-refractivity contribution is 9.10. The van der Waals surface area contributed by atoms with Gasteiger partial charge in [-0.05, 0) is 34.1 Å². The van der Waals surface area contributed by atoms with E-state index in [0.717, 1.165) is 4.47 Å². The van der Waals surface area contributed by atoms with E-state index in [1.807, 2.05) is 4.90 Å². The van der Waals surface area contributed by atoms with E-state index < -0.39 is 9.84 Å². The minimum absolute atomic E-state index is 0.0207. The number of benzene rings is 1. The third-order valence-electron chi connectivity index (χ3n) is 3.28. The highest BCUT2D eigenvalue weighted by Gasteiger charge is 2.23. The molecular weight excluding hydrogens is 346 g/mol. The Labute approximate surface area is 127 Å². The van der Waals surface area contributed by atoms with Gasteiger partial charge in [-0.15, -0.1) is 0 Å². The molecule has 7 heteroatoms. The van der Waals surface area contributed by atoms with Gasteiger partial charge in [-0.2, -0.15) is 0 Å². The van der Waals surface area contributed by atoms with Crippen molar-refractivity contribution in [3.8, 4) is 5.75 Å². The summed E-state index contributed by atoms with van der Waals surface area (Å²) in [5, 5.41) is 0. The Balaban J connectivity index is 2.00. The summed E-state index contributed by atoms with van der Waals surface area (Å²) >= 11 is 3.35. The van der Waals surface area contributed by atoms with Crippen LogP contribution in [0.25, 0.3) is 0 Å². The molecule has 0 N–H and O–H groups in total. The van der Waals surface area contributed by atoms with E-state index in [2.05, 4.69) is 15.9 Å². The molecule has 1 fully saturated rings. The number of ether oxygens (including phenoxy) is 1. The largest absolute Gasteiger partial charge is 0.496 e. The average molecular weight is 362 g/mol. The minimum atomic E-state index is -2.91. The standard InChI is InChI=1S/C13H16BrNO4S/c1-19-13-3-2-10(8-11(13)14)12(16)9-15-4-6-20(17,18)7-5-15/h2-3,8H,4-7,9H2,1H3. The Hall–Kier alpha value is -0.920. The number of halogens is 1. The monoisotopic (exact) mass is 361 g/mol. The van der Waals surface area contributed by atoms with Crippen molar-refractivity contribution in [3.63, 3.8) is 0 Å². The molecule has 1 saturated heterocycles. The predicted octanol–water partition coefficient (Wildman–Crippen LogP) is 1.37. The zero-order chi connectivity index (χ0) is 14.8. The molecule has 5 nitrogen and oxygen atoms in total. The lowest BCUT2D eigenvalue weighted by molar-refractivity contribution is 0.0936. The molecule has 0 radical (unpaired) electrons. The molecule has 0 amide bonds. The zero-order valence-corrected chi connectivity index (χ0v) is 13.5. The molecule has 2 rings (SSSR count). The molecular formula is C13H16BrNO4S. The zero-order valence-electron chi connectivity index (χ0n) is 11.1. The van der Waals surface area contributed by atoms with Crippen molar-refractivity contribution in [1.82, 2.24) is 4.90 Å². The molecule has 0 spiro atoms. The van der Waals surface area contributed by atoms with Gasteiger partial charge in [0.25, 0.3) is 0 Å². The van der Waals surface area contributed by atoms with Gasteiger partial charge < -0.3 is 4.74 Å². The number of hydrogen-bond acceptors (Lipinski definition) is 5. The van der Waals surface area contributed by atoms with Crippen LogP contribution in [0.1, 0.15) is 10.4 Å². The van der Waals surface area contributed by atoms with Crippen molar-refractivity contribution in [2.24, 2.45) is 0 Å². The second kappa shape index (κ2) is 6.24. The Morgan fingerprint density at radius 3 is 2.55 bits per heavy atom. The van der Waals surface area contributed by atoms with Gasteiger partial charge in [-0.3, -0.25) is 9.69 Å². The van der Waals surface area contributed by atoms with E-state index in [4.69, 9.17) is 4.74 Å². The molecule has 0 aromatic heterocycles. The first-order valence-electron chi connectivity index (χ1n) is 6.21. The van der Waals surface area contributed by atoms with Crippen molar-refractivity contribution < 1.29 is 17.9 Å². The van der Waals surface area contributed by atoms with Crippen LogP contribution in [-0.2, 0) is 9.84 Å². The van der Waals surface area contributed by atoms with Gasteiger partial charge >= 0.3 is 0 Å². The Bertz CT molecular complexity index is 601. The van der Waals surface area contributed by atoms with Crippen molar-refractivity contribution in [2.75, 3.05) is 38.2 Å². The number of rotatable bonds is 4. The molecule has 1 aromatic rings. The third kappa shape index (κ3) is 3.80. The molecule has 0 atom stereocenters. The molecule has 0 saturated carbocycles. The maximum Gasteiger partial charge on any atom is 0.176 e. The number of ketones is 1. The highest BCUT2D eigenvalue weighted by atomic mass is 79.9. The first-order valence-corrected chi connectivity index (χ1v) is 8.82. The number of hydrogen-bond donors (Lipinski definition) is 0. The smallest absolute Gasteiger partial charge is 0.176 e. The van der Waals surface area contributed by atoms with Crippen LogP contribution >= 0.6 is 15.9 Å². The van der Waals surface area contributed by atoms with Crippen LogP contribution < -0.4 is 4.74 Å². The summed E-state index contributed by atoms with van der Waals surface area (Å²) in [7, 11) is -1.34. The summed E-state index contributed by atoms with van der Waals surface area (Å²) in [6, 6.07) is 5.17. The quantitative estimate of drug-likeness (QED) is 0.757. The number of Topliss-reactive ketones (excluding diaryl/α,β-unsaturated/α-hetero) is 1. The number of nitrogens with zero attached hydrogens (tertiary/aromatic N) is 1. The van der Waals surface area contributed by atoms with Gasteiger partial charge in [-0.1, -0.05) is 0 Å². The average Bonchev–Trinajstić information content (AvgIpc) is 2.41. The van der Waals surface area contributed by atoms with Crippen molar-refractivity contribution in [1.29, 1.82) is 0 Å². The molecule has 0 aliphatic carbocycles. The van der Waals surface area contributed by atoms with Crippen molar-refractivity contribution >= 4 is 31.6 Å². The molecule has 110 valence electrons. The van der Waals surface area contributed by atoms with E-state index in [-0.39, 0.29) is 23.8 Å². The van der Waals surface area contributed by atoms with Gasteiger partial charge in [0, 0.05) is 18.7 Å². The topological polar surface area (TPSA) is 63.7 Å². The number of carbonyl (C=O) groups is 1. The van der Waals surface area contributed by atoms with Crippen LogP contribution in [0.15, 0.2) is 22.7 Å². The van der Waals surface area contributed by atoms with Crippen molar-refractivity contribution in [2.45, 2.75) is 0 Å². The molecule has 20 heavy (non-hydrogen) atoms. The third-order valence-corrected chi connectivity index (χ3v) is 5.51. The van der Waals surface area contributed by atoms with E-state index in [1.165, 1.54) is 0 Å². The Morgan fingerprint density at radius 1 is 1.35 bits per heavy atom. The lowest BCUT2D eigenvalue weighted by Crippen LogP contribution is -2.42. The van der Waals surface area contributed by atoms with E-state index >= 15 is 0 Å². The summed E-state index contributed by atoms with van der Waals surface area (Å²) in [6.07, 6.45) is 0. The summed E-state index contributed by atoms with van der Waals surface area (Å²) in [6.45, 7) is 1.09. The number of sulfone groups is 1. The normalized spacial score (nSPS) is 18.7. The molecule has 0 bridgehead atoms. The molecule has 1 aliphatic rings. The van der Waals surface area contributed by atoms with Crippen molar-refractivity contribution in [3.05, 3.63) is 28.2 Å². The first kappa shape index (κ1) is 15.5. The van der Waals surface area contributed by atoms with Gasteiger partial charge in [0.15, 0.2) is 15.6 Å². The maximum absolute atomic E-state index is 12.2. The number of carbonyl (C=O) groups excluding carboxylic acids is 1. The van der Waals surface area contributed by atoms with Crippen LogP contribution in [0, 0.1) is 0 Å².